The molecule has 2 unspecified atom stereocenters. The normalized spacial score (nSPS) is 23.7. The van der Waals surface area contributed by atoms with Gasteiger partial charge in [-0.15, -0.1) is 0 Å². The lowest BCUT2D eigenvalue weighted by Crippen LogP contribution is -2.28. The smallest absolute Gasteiger partial charge is 0.229 e. The van der Waals surface area contributed by atoms with Crippen molar-refractivity contribution in [2.75, 3.05) is 18.4 Å². The first-order valence-corrected chi connectivity index (χ1v) is 5.86. The molecule has 1 aromatic carbocycles. The van der Waals surface area contributed by atoms with Crippen LogP contribution in [-0.2, 0) is 4.79 Å². The van der Waals surface area contributed by atoms with Crippen LogP contribution in [0.5, 0.6) is 0 Å². The lowest BCUT2D eigenvalue weighted by Gasteiger charge is -2.15. The summed E-state index contributed by atoms with van der Waals surface area (Å²) in [5, 5.41) is 5.86. The predicted octanol–water partition coefficient (Wildman–Crippen LogP) is 1.93. The Labute approximate surface area is 100 Å². The number of benzene rings is 1. The summed E-state index contributed by atoms with van der Waals surface area (Å²) in [6.45, 7) is 5.32. The Balaban J connectivity index is 2.13. The summed E-state index contributed by atoms with van der Waals surface area (Å²) < 4.78 is 13.6. The number of carbonyl (C=O) groups excluding carboxylic acids is 1. The number of carbonyl (C=O) groups is 1. The van der Waals surface area contributed by atoms with Crippen molar-refractivity contribution in [2.45, 2.75) is 13.8 Å². The molecule has 2 N–H and O–H groups in total. The van der Waals surface area contributed by atoms with Crippen LogP contribution in [0.4, 0.5) is 10.1 Å². The standard InChI is InChI=1S/C13H17FN2O/c1-8-4-3-5-11(14)12(8)16-13(17)10-7-15-6-9(10)2/h3-5,9-10,15H,6-7H2,1-2H3,(H,16,17). The number of hydrogen-bond donors (Lipinski definition) is 2. The maximum Gasteiger partial charge on any atom is 0.229 e. The molecule has 92 valence electrons. The van der Waals surface area contributed by atoms with Gasteiger partial charge in [-0.2, -0.15) is 0 Å². The zero-order chi connectivity index (χ0) is 12.4. The second-order valence-electron chi connectivity index (χ2n) is 4.66. The summed E-state index contributed by atoms with van der Waals surface area (Å²) in [6.07, 6.45) is 0. The molecule has 17 heavy (non-hydrogen) atoms. The van der Waals surface area contributed by atoms with Crippen LogP contribution in [0.25, 0.3) is 0 Å². The first-order valence-electron chi connectivity index (χ1n) is 5.86. The monoisotopic (exact) mass is 236 g/mol. The molecule has 1 aliphatic heterocycles. The number of amides is 1. The topological polar surface area (TPSA) is 41.1 Å². The third kappa shape index (κ3) is 2.47. The lowest BCUT2D eigenvalue weighted by atomic mass is 9.97. The van der Waals surface area contributed by atoms with Crippen molar-refractivity contribution in [2.24, 2.45) is 11.8 Å². The van der Waals surface area contributed by atoms with Gasteiger partial charge in [-0.25, -0.2) is 4.39 Å². The molecule has 1 heterocycles. The Morgan fingerprint density at radius 3 is 2.82 bits per heavy atom. The van der Waals surface area contributed by atoms with Gasteiger partial charge in [-0.1, -0.05) is 19.1 Å². The van der Waals surface area contributed by atoms with Crippen LogP contribution in [0.15, 0.2) is 18.2 Å². The fourth-order valence-electron chi connectivity index (χ4n) is 2.17. The largest absolute Gasteiger partial charge is 0.323 e. The van der Waals surface area contributed by atoms with Gasteiger partial charge in [0.15, 0.2) is 0 Å². The van der Waals surface area contributed by atoms with Crippen molar-refractivity contribution in [3.8, 4) is 0 Å². The van der Waals surface area contributed by atoms with Gasteiger partial charge in [0.05, 0.1) is 11.6 Å². The Kier molecular flexibility index (Phi) is 3.43. The van der Waals surface area contributed by atoms with Crippen LogP contribution in [0.3, 0.4) is 0 Å². The molecular weight excluding hydrogens is 219 g/mol. The van der Waals surface area contributed by atoms with Gasteiger partial charge in [0.1, 0.15) is 5.82 Å². The van der Waals surface area contributed by atoms with Crippen LogP contribution in [-0.4, -0.2) is 19.0 Å². The van der Waals surface area contributed by atoms with E-state index in [-0.39, 0.29) is 17.6 Å². The average molecular weight is 236 g/mol. The third-order valence-corrected chi connectivity index (χ3v) is 3.32. The molecule has 0 aliphatic carbocycles. The van der Waals surface area contributed by atoms with Crippen LogP contribution in [0, 0.1) is 24.6 Å². The molecule has 1 amide bonds. The Morgan fingerprint density at radius 2 is 2.24 bits per heavy atom. The molecule has 0 bridgehead atoms. The molecule has 0 radical (unpaired) electrons. The minimum atomic E-state index is -0.378. The van der Waals surface area contributed by atoms with Gasteiger partial charge in [0.25, 0.3) is 0 Å². The number of hydrogen-bond acceptors (Lipinski definition) is 2. The highest BCUT2D eigenvalue weighted by atomic mass is 19.1. The number of nitrogens with one attached hydrogen (secondary N) is 2. The van der Waals surface area contributed by atoms with E-state index in [0.717, 1.165) is 12.1 Å². The highest BCUT2D eigenvalue weighted by Gasteiger charge is 2.30. The number of rotatable bonds is 2. The van der Waals surface area contributed by atoms with E-state index in [9.17, 15) is 9.18 Å². The van der Waals surface area contributed by atoms with Gasteiger partial charge in [0.2, 0.25) is 5.91 Å². The fraction of sp³-hybridized carbons (Fsp3) is 0.462. The summed E-state index contributed by atoms with van der Waals surface area (Å²) in [5.74, 6) is -0.260. The van der Waals surface area contributed by atoms with Gasteiger partial charge in [-0.05, 0) is 31.0 Å². The highest BCUT2D eigenvalue weighted by Crippen LogP contribution is 2.22. The molecule has 1 saturated heterocycles. The van der Waals surface area contributed by atoms with Crippen molar-refractivity contribution in [1.29, 1.82) is 0 Å². The van der Waals surface area contributed by atoms with Gasteiger partial charge in [0, 0.05) is 6.54 Å². The molecule has 1 fully saturated rings. The number of aryl methyl sites for hydroxylation is 1. The van der Waals surface area contributed by atoms with E-state index in [1.54, 1.807) is 19.1 Å². The van der Waals surface area contributed by atoms with Gasteiger partial charge < -0.3 is 10.6 Å². The minimum absolute atomic E-state index is 0.0750. The predicted molar refractivity (Wildman–Crippen MR) is 65.3 cm³/mol. The fourth-order valence-corrected chi connectivity index (χ4v) is 2.17. The van der Waals surface area contributed by atoms with E-state index < -0.39 is 0 Å². The quantitative estimate of drug-likeness (QED) is 0.823. The molecule has 1 aromatic rings. The maximum atomic E-state index is 13.6. The van der Waals surface area contributed by atoms with Gasteiger partial charge in [-0.3, -0.25) is 4.79 Å². The molecule has 3 nitrogen and oxygen atoms in total. The van der Waals surface area contributed by atoms with Crippen molar-refractivity contribution in [1.82, 2.24) is 5.32 Å². The van der Waals surface area contributed by atoms with Crippen LogP contribution >= 0.6 is 0 Å². The maximum absolute atomic E-state index is 13.6. The van der Waals surface area contributed by atoms with E-state index in [1.807, 2.05) is 6.92 Å². The molecule has 0 spiro atoms. The highest BCUT2D eigenvalue weighted by molar-refractivity contribution is 5.93. The zero-order valence-corrected chi connectivity index (χ0v) is 10.1. The molecule has 1 aliphatic rings. The van der Waals surface area contributed by atoms with Crippen LogP contribution in [0.2, 0.25) is 0 Å². The second-order valence-corrected chi connectivity index (χ2v) is 4.66. The lowest BCUT2D eigenvalue weighted by molar-refractivity contribution is -0.120. The SMILES string of the molecule is Cc1cccc(F)c1NC(=O)C1CNCC1C. The molecule has 0 aromatic heterocycles. The minimum Gasteiger partial charge on any atom is -0.323 e. The first kappa shape index (κ1) is 12.0. The van der Waals surface area contributed by atoms with E-state index in [0.29, 0.717) is 18.2 Å². The zero-order valence-electron chi connectivity index (χ0n) is 10.1. The van der Waals surface area contributed by atoms with E-state index in [4.69, 9.17) is 0 Å². The third-order valence-electron chi connectivity index (χ3n) is 3.32. The van der Waals surface area contributed by atoms with Crippen LogP contribution < -0.4 is 10.6 Å². The van der Waals surface area contributed by atoms with E-state index >= 15 is 0 Å². The summed E-state index contributed by atoms with van der Waals surface area (Å²) in [7, 11) is 0. The van der Waals surface area contributed by atoms with Crippen molar-refractivity contribution in [3.63, 3.8) is 0 Å². The molecule has 4 heteroatoms. The Hall–Kier alpha value is -1.42. The van der Waals surface area contributed by atoms with Crippen molar-refractivity contribution < 1.29 is 9.18 Å². The summed E-state index contributed by atoms with van der Waals surface area (Å²) in [6, 6.07) is 4.79. The Morgan fingerprint density at radius 1 is 1.47 bits per heavy atom. The average Bonchev–Trinajstić information content (AvgIpc) is 2.70. The Bertz CT molecular complexity index is 413. The first-order chi connectivity index (χ1) is 8.09. The molecule has 2 atom stereocenters. The summed E-state index contributed by atoms with van der Waals surface area (Å²) in [4.78, 5) is 12.0. The van der Waals surface area contributed by atoms with Gasteiger partial charge >= 0.3 is 0 Å². The van der Waals surface area contributed by atoms with Crippen molar-refractivity contribution >= 4 is 11.6 Å². The number of para-hydroxylation sites is 1. The summed E-state index contributed by atoms with van der Waals surface area (Å²) in [5.41, 5.74) is 1.05. The van der Waals surface area contributed by atoms with E-state index in [1.165, 1.54) is 6.07 Å². The van der Waals surface area contributed by atoms with E-state index in [2.05, 4.69) is 10.6 Å². The second kappa shape index (κ2) is 4.84. The number of anilines is 1. The molecule has 2 rings (SSSR count). The van der Waals surface area contributed by atoms with Crippen molar-refractivity contribution in [3.05, 3.63) is 29.6 Å². The summed E-state index contributed by atoms with van der Waals surface area (Å²) >= 11 is 0. The van der Waals surface area contributed by atoms with Crippen LogP contribution in [0.1, 0.15) is 12.5 Å². The molecule has 0 saturated carbocycles. The molecular formula is C13H17FN2O. The number of halogens is 1.